The van der Waals surface area contributed by atoms with Gasteiger partial charge in [-0.3, -0.25) is 9.98 Å². The smallest absolute Gasteiger partial charge is 0.550 e. The first-order chi connectivity index (χ1) is 20.9. The quantitative estimate of drug-likeness (QED) is 0.230. The van der Waals surface area contributed by atoms with E-state index in [1.807, 2.05) is 74.5 Å². The maximum absolute atomic E-state index is 10.6. The molecule has 4 rings (SSSR count). The average Bonchev–Trinajstić information content (AvgIpc) is 2.95. The number of carbonyl (C=O) groups excluding carboxylic acids is 2. The molecule has 0 aliphatic rings. The van der Waals surface area contributed by atoms with Crippen LogP contribution in [0, 0.1) is 13.8 Å². The number of phenols is 2. The molecule has 1 radical (unpaired) electrons. The van der Waals surface area contributed by atoms with E-state index in [0.29, 0.717) is 11.1 Å². The monoisotopic (exact) mass is 655 g/mol. The fraction of sp³-hybridized carbons (Fsp3) is 0.278. The fourth-order valence-corrected chi connectivity index (χ4v) is 4.63. The zero-order valence-corrected chi connectivity index (χ0v) is 27.6. The Kier molecular flexibility index (Phi) is 16.3. The van der Waals surface area contributed by atoms with Gasteiger partial charge in [0.25, 0.3) is 0 Å². The Labute approximate surface area is 275 Å². The molecule has 0 amide bonds. The van der Waals surface area contributed by atoms with E-state index in [1.165, 1.54) is 11.1 Å². The van der Waals surface area contributed by atoms with Crippen molar-refractivity contribution in [2.75, 3.05) is 0 Å². The van der Waals surface area contributed by atoms with E-state index in [4.69, 9.17) is 29.8 Å². The van der Waals surface area contributed by atoms with Crippen molar-refractivity contribution in [3.05, 3.63) is 94.0 Å². The summed E-state index contributed by atoms with van der Waals surface area (Å²) in [6.07, 6.45) is 7.48. The SMILES string of the molecule is CC(=O)[O-].CC(=O)[O-].CCCc1cc(C)c(O)c(C=Nc2cccc3cccc(N=Cc4cc(CCC)cc(C)c4O)c23)c1.[Co+2]. The number of aromatic hydroxyl groups is 2. The van der Waals surface area contributed by atoms with Gasteiger partial charge in [0.15, 0.2) is 0 Å². The van der Waals surface area contributed by atoms with Crippen molar-refractivity contribution in [2.24, 2.45) is 9.98 Å². The number of hydrogen-bond donors (Lipinski definition) is 2. The molecule has 0 saturated heterocycles. The second-order valence-electron chi connectivity index (χ2n) is 10.4. The van der Waals surface area contributed by atoms with E-state index in [0.717, 1.165) is 72.8 Å². The van der Waals surface area contributed by atoms with E-state index < -0.39 is 11.9 Å². The van der Waals surface area contributed by atoms with Crippen LogP contribution >= 0.6 is 0 Å². The number of nitrogens with zero attached hydrogens (tertiary/aromatic N) is 2. The maximum Gasteiger partial charge on any atom is 2.00 e. The number of aliphatic imine (C=N–C) groups is 2. The minimum Gasteiger partial charge on any atom is -0.550 e. The van der Waals surface area contributed by atoms with Gasteiger partial charge in [-0.25, -0.2) is 0 Å². The Morgan fingerprint density at radius 2 is 1.07 bits per heavy atom. The van der Waals surface area contributed by atoms with Gasteiger partial charge in [-0.05, 0) is 92.4 Å². The van der Waals surface area contributed by atoms with Crippen LogP contribution in [-0.4, -0.2) is 34.6 Å². The zero-order chi connectivity index (χ0) is 32.8. The van der Waals surface area contributed by atoms with Gasteiger partial charge in [0.1, 0.15) is 11.5 Å². The molecule has 9 heteroatoms. The summed E-state index contributed by atoms with van der Waals surface area (Å²) in [7, 11) is 0. The fourth-order valence-electron chi connectivity index (χ4n) is 4.63. The molecule has 0 saturated carbocycles. The van der Waals surface area contributed by atoms with Gasteiger partial charge in [-0.2, -0.15) is 0 Å². The number of carboxylic acids is 2. The predicted octanol–water partition coefficient (Wildman–Crippen LogP) is 5.78. The number of phenolic OH excluding ortho intramolecular Hbond substituents is 2. The molecular weight excluding hydrogens is 615 g/mol. The van der Waals surface area contributed by atoms with Crippen LogP contribution in [0.2, 0.25) is 0 Å². The molecule has 8 nitrogen and oxygen atoms in total. The summed E-state index contributed by atoms with van der Waals surface area (Å²) in [5.74, 6) is -1.65. The molecule has 4 aromatic rings. The standard InChI is InChI=1S/C32H34N2O2.2C2H4O2.Co/c1-5-9-23-15-21(3)31(35)26(17-23)19-33-28-13-7-11-25-12-8-14-29(30(25)28)34-20-27-18-24(10-6-2)16-22(4)32(27)36;2*1-2(3)4;/h7-8,11-20,35-36H,5-6,9-10H2,1-4H3;2*1H3,(H,3,4);/q;;;+2/p-2. The molecule has 0 spiro atoms. The van der Waals surface area contributed by atoms with Crippen molar-refractivity contribution in [3.8, 4) is 11.5 Å². The Bertz CT molecular complexity index is 1540. The molecular formula is C36H40CoN2O6. The Hall–Kier alpha value is -4.47. The molecule has 0 atom stereocenters. The molecule has 0 aliphatic carbocycles. The van der Waals surface area contributed by atoms with Crippen LogP contribution in [0.3, 0.4) is 0 Å². The third-order valence-electron chi connectivity index (χ3n) is 6.40. The largest absolute Gasteiger partial charge is 2.00 e. The zero-order valence-electron chi connectivity index (χ0n) is 26.5. The second kappa shape index (κ2) is 19.0. The van der Waals surface area contributed by atoms with Gasteiger partial charge < -0.3 is 30.0 Å². The van der Waals surface area contributed by atoms with Crippen LogP contribution in [0.4, 0.5) is 11.4 Å². The Morgan fingerprint density at radius 3 is 1.40 bits per heavy atom. The van der Waals surface area contributed by atoms with Crippen LogP contribution in [-0.2, 0) is 39.2 Å². The Morgan fingerprint density at radius 1 is 0.711 bits per heavy atom. The molecule has 0 heterocycles. The molecule has 0 aliphatic heterocycles. The third-order valence-corrected chi connectivity index (χ3v) is 6.40. The number of fused-ring (bicyclic) bond motifs is 1. The normalized spacial score (nSPS) is 10.5. The molecule has 0 aromatic heterocycles. The number of rotatable bonds is 8. The van der Waals surface area contributed by atoms with Crippen LogP contribution in [0.1, 0.15) is 73.9 Å². The number of carbonyl (C=O) groups is 2. The van der Waals surface area contributed by atoms with Crippen LogP contribution < -0.4 is 10.2 Å². The minimum atomic E-state index is -1.08. The van der Waals surface area contributed by atoms with E-state index in [2.05, 4.69) is 13.8 Å². The molecule has 0 unspecified atom stereocenters. The van der Waals surface area contributed by atoms with Crippen LogP contribution in [0.5, 0.6) is 11.5 Å². The van der Waals surface area contributed by atoms with Crippen molar-refractivity contribution in [3.63, 3.8) is 0 Å². The summed E-state index contributed by atoms with van der Waals surface area (Å²) in [4.78, 5) is 27.3. The van der Waals surface area contributed by atoms with Gasteiger partial charge >= 0.3 is 16.8 Å². The molecule has 0 fully saturated rings. The first kappa shape index (κ1) is 38.6. The Balaban J connectivity index is 0.00000101. The van der Waals surface area contributed by atoms with Gasteiger partial charge in [0.05, 0.1) is 11.4 Å². The van der Waals surface area contributed by atoms with Gasteiger partial charge in [0.2, 0.25) is 0 Å². The van der Waals surface area contributed by atoms with Gasteiger partial charge in [-0.1, -0.05) is 63.1 Å². The van der Waals surface area contributed by atoms with Crippen molar-refractivity contribution in [2.45, 2.75) is 67.2 Å². The minimum absolute atomic E-state index is 0. The van der Waals surface area contributed by atoms with Crippen molar-refractivity contribution < 1.29 is 46.8 Å². The topological polar surface area (TPSA) is 145 Å². The number of hydrogen-bond acceptors (Lipinski definition) is 8. The molecule has 0 bridgehead atoms. The molecule has 4 aromatic carbocycles. The number of carboxylic acid groups (broad SMARTS) is 2. The summed E-state index contributed by atoms with van der Waals surface area (Å²) in [5.41, 5.74) is 7.07. The summed E-state index contributed by atoms with van der Waals surface area (Å²) < 4.78 is 0. The van der Waals surface area contributed by atoms with Crippen molar-refractivity contribution >= 4 is 46.5 Å². The molecule has 239 valence electrons. The van der Waals surface area contributed by atoms with Crippen molar-refractivity contribution in [1.82, 2.24) is 0 Å². The van der Waals surface area contributed by atoms with Crippen LogP contribution in [0.25, 0.3) is 10.8 Å². The third kappa shape index (κ3) is 12.2. The van der Waals surface area contributed by atoms with Crippen molar-refractivity contribution in [1.29, 1.82) is 0 Å². The average molecular weight is 656 g/mol. The first-order valence-corrected chi connectivity index (χ1v) is 14.5. The summed E-state index contributed by atoms with van der Waals surface area (Å²) in [6.45, 7) is 10.1. The summed E-state index contributed by atoms with van der Waals surface area (Å²) in [5, 5.41) is 41.0. The van der Waals surface area contributed by atoms with Gasteiger partial charge in [0, 0.05) is 40.9 Å². The number of aryl methyl sites for hydroxylation is 4. The van der Waals surface area contributed by atoms with Crippen LogP contribution in [0.15, 0.2) is 70.6 Å². The predicted molar refractivity (Wildman–Crippen MR) is 173 cm³/mol. The molecule has 2 N–H and O–H groups in total. The maximum atomic E-state index is 10.6. The van der Waals surface area contributed by atoms with E-state index >= 15 is 0 Å². The van der Waals surface area contributed by atoms with Gasteiger partial charge in [-0.15, -0.1) is 0 Å². The summed E-state index contributed by atoms with van der Waals surface area (Å²) >= 11 is 0. The van der Waals surface area contributed by atoms with E-state index in [9.17, 15) is 10.2 Å². The summed E-state index contributed by atoms with van der Waals surface area (Å²) in [6, 6.07) is 20.0. The van der Waals surface area contributed by atoms with E-state index in [-0.39, 0.29) is 28.3 Å². The molecule has 45 heavy (non-hydrogen) atoms. The number of benzene rings is 4. The first-order valence-electron chi connectivity index (χ1n) is 14.5. The van der Waals surface area contributed by atoms with E-state index in [1.54, 1.807) is 12.4 Å². The number of aliphatic carboxylic acids is 2. The second-order valence-corrected chi connectivity index (χ2v) is 10.4.